The van der Waals surface area contributed by atoms with Crippen molar-refractivity contribution in [3.63, 3.8) is 0 Å². The minimum atomic E-state index is -0.578. The smallest absolute Gasteiger partial charge is 0.272 e. The van der Waals surface area contributed by atoms with Gasteiger partial charge in [0.25, 0.3) is 11.8 Å². The summed E-state index contributed by atoms with van der Waals surface area (Å²) in [4.78, 5) is 45.2. The summed E-state index contributed by atoms with van der Waals surface area (Å²) in [5.41, 5.74) is 3.40. The first-order valence-electron chi connectivity index (χ1n) is 14.7. The van der Waals surface area contributed by atoms with Gasteiger partial charge in [-0.3, -0.25) is 14.4 Å². The van der Waals surface area contributed by atoms with Crippen molar-refractivity contribution in [3.05, 3.63) is 161 Å². The number of nitrogens with zero attached hydrogens (tertiary/aromatic N) is 1. The van der Waals surface area contributed by atoms with E-state index < -0.39 is 17.1 Å². The lowest BCUT2D eigenvalue weighted by Crippen LogP contribution is -2.30. The molecule has 2 heterocycles. The molecule has 48 heavy (non-hydrogen) atoms. The van der Waals surface area contributed by atoms with Crippen molar-refractivity contribution in [3.8, 4) is 11.3 Å². The Labute approximate surface area is 289 Å². The van der Waals surface area contributed by atoms with Gasteiger partial charge in [-0.15, -0.1) is 23.1 Å². The second-order valence-electron chi connectivity index (χ2n) is 10.3. The lowest BCUT2D eigenvalue weighted by atomic mass is 10.1. The SMILES string of the molecule is O=C(Nc1ccc(SC(C(=O)Nc2nc(-c3ccc(Cl)cc3)cs2)c2ccccc2)cc1)/C(=C/c1ccco1)NC(=O)c1ccccc1. The van der Waals surface area contributed by atoms with Crippen LogP contribution in [-0.4, -0.2) is 22.7 Å². The van der Waals surface area contributed by atoms with Gasteiger partial charge < -0.3 is 20.4 Å². The van der Waals surface area contributed by atoms with Crippen molar-refractivity contribution in [2.75, 3.05) is 10.6 Å². The van der Waals surface area contributed by atoms with E-state index in [9.17, 15) is 14.4 Å². The predicted molar refractivity (Wildman–Crippen MR) is 192 cm³/mol. The number of carbonyl (C=O) groups excluding carboxylic acids is 3. The van der Waals surface area contributed by atoms with E-state index in [1.165, 1.54) is 35.4 Å². The number of aromatic nitrogens is 1. The first-order valence-corrected chi connectivity index (χ1v) is 16.8. The second kappa shape index (κ2) is 15.4. The lowest BCUT2D eigenvalue weighted by molar-refractivity contribution is -0.116. The number of thioether (sulfide) groups is 1. The molecule has 1 unspecified atom stereocenters. The maximum Gasteiger partial charge on any atom is 0.272 e. The number of thiazole rings is 1. The van der Waals surface area contributed by atoms with Crippen molar-refractivity contribution in [1.82, 2.24) is 10.3 Å². The maximum absolute atomic E-state index is 13.6. The molecule has 4 aromatic carbocycles. The van der Waals surface area contributed by atoms with Gasteiger partial charge in [-0.2, -0.15) is 0 Å². The number of hydrogen-bond donors (Lipinski definition) is 3. The molecular weight excluding hydrogens is 664 g/mol. The number of rotatable bonds is 11. The fourth-order valence-corrected chi connectivity index (χ4v) is 6.44. The number of halogens is 1. The summed E-state index contributed by atoms with van der Waals surface area (Å²) in [5, 5.41) is 10.9. The van der Waals surface area contributed by atoms with Crippen LogP contribution in [0.4, 0.5) is 10.8 Å². The van der Waals surface area contributed by atoms with Gasteiger partial charge in [0.05, 0.1) is 12.0 Å². The Morgan fingerprint density at radius 2 is 1.52 bits per heavy atom. The van der Waals surface area contributed by atoms with Crippen molar-refractivity contribution in [1.29, 1.82) is 0 Å². The second-order valence-corrected chi connectivity index (χ2v) is 12.8. The highest BCUT2D eigenvalue weighted by Gasteiger charge is 2.24. The van der Waals surface area contributed by atoms with Gasteiger partial charge >= 0.3 is 0 Å². The van der Waals surface area contributed by atoms with Gasteiger partial charge in [-0.05, 0) is 66.2 Å². The molecule has 0 aliphatic carbocycles. The third-order valence-electron chi connectivity index (χ3n) is 6.94. The Hall–Kier alpha value is -5.42. The number of nitrogens with one attached hydrogen (secondary N) is 3. The Balaban J connectivity index is 1.15. The minimum Gasteiger partial charge on any atom is -0.465 e. The molecule has 0 radical (unpaired) electrons. The number of amides is 3. The summed E-state index contributed by atoms with van der Waals surface area (Å²) in [6.45, 7) is 0. The molecule has 238 valence electrons. The predicted octanol–water partition coefficient (Wildman–Crippen LogP) is 8.94. The Morgan fingerprint density at radius 1 is 0.812 bits per heavy atom. The molecule has 6 aromatic rings. The van der Waals surface area contributed by atoms with E-state index in [-0.39, 0.29) is 11.6 Å². The Kier molecular flexibility index (Phi) is 10.5. The summed E-state index contributed by atoms with van der Waals surface area (Å²) in [5.74, 6) is -0.773. The standard InChI is InChI=1S/C37H27ClN4O4S2/c38-27-15-13-24(14-16-27)32-23-47-37(41-32)42-36(45)33(25-8-3-1-4-9-25)48-30-19-17-28(18-20-30)39-35(44)31(22-29-12-7-21-46-29)40-34(43)26-10-5-2-6-11-26/h1-23,33H,(H,39,44)(H,40,43)(H,41,42,45)/b31-22-. The number of hydrogen-bond acceptors (Lipinski definition) is 7. The molecule has 0 spiro atoms. The van der Waals surface area contributed by atoms with Gasteiger partial charge in [0, 0.05) is 38.2 Å². The summed E-state index contributed by atoms with van der Waals surface area (Å²) >= 11 is 8.74. The van der Waals surface area contributed by atoms with Crippen molar-refractivity contribution in [2.24, 2.45) is 0 Å². The average Bonchev–Trinajstić information content (AvgIpc) is 3.81. The van der Waals surface area contributed by atoms with Crippen molar-refractivity contribution < 1.29 is 18.8 Å². The molecule has 11 heteroatoms. The van der Waals surface area contributed by atoms with Crippen molar-refractivity contribution in [2.45, 2.75) is 10.1 Å². The van der Waals surface area contributed by atoms with Crippen LogP contribution in [-0.2, 0) is 9.59 Å². The summed E-state index contributed by atoms with van der Waals surface area (Å²) in [6, 6.07) is 36.0. The minimum absolute atomic E-state index is 0.0134. The normalized spacial score (nSPS) is 11.8. The highest BCUT2D eigenvalue weighted by Crippen LogP contribution is 2.37. The Morgan fingerprint density at radius 3 is 2.21 bits per heavy atom. The van der Waals surface area contributed by atoms with Gasteiger partial charge in [0.1, 0.15) is 16.7 Å². The number of furan rings is 1. The molecule has 0 aliphatic heterocycles. The topological polar surface area (TPSA) is 113 Å². The van der Waals surface area contributed by atoms with E-state index >= 15 is 0 Å². The van der Waals surface area contributed by atoms with Gasteiger partial charge in [0.15, 0.2) is 5.13 Å². The van der Waals surface area contributed by atoms with E-state index in [1.807, 2.05) is 60.0 Å². The molecule has 8 nitrogen and oxygen atoms in total. The molecule has 3 amide bonds. The molecule has 0 saturated heterocycles. The van der Waals surface area contributed by atoms with E-state index in [0.717, 1.165) is 21.7 Å². The fourth-order valence-electron chi connectivity index (χ4n) is 4.57. The monoisotopic (exact) mass is 690 g/mol. The summed E-state index contributed by atoms with van der Waals surface area (Å²) < 4.78 is 5.37. The molecule has 1 atom stereocenters. The van der Waals surface area contributed by atoms with Crippen LogP contribution < -0.4 is 16.0 Å². The average molecular weight is 691 g/mol. The largest absolute Gasteiger partial charge is 0.465 e. The Bertz CT molecular complexity index is 2030. The van der Waals surface area contributed by atoms with Crippen LogP contribution in [0.15, 0.2) is 148 Å². The zero-order valence-electron chi connectivity index (χ0n) is 25.1. The van der Waals surface area contributed by atoms with Gasteiger partial charge in [-0.25, -0.2) is 4.98 Å². The third kappa shape index (κ3) is 8.48. The fraction of sp³-hybridized carbons (Fsp3) is 0.0270. The molecule has 0 bridgehead atoms. The summed E-state index contributed by atoms with van der Waals surface area (Å²) in [7, 11) is 0. The van der Waals surface area contributed by atoms with Crippen LogP contribution in [0.5, 0.6) is 0 Å². The van der Waals surface area contributed by atoms with Crippen LogP contribution >= 0.6 is 34.7 Å². The lowest BCUT2D eigenvalue weighted by Gasteiger charge is -2.16. The van der Waals surface area contributed by atoms with Crippen LogP contribution in [0.25, 0.3) is 17.3 Å². The number of benzene rings is 4. The van der Waals surface area contributed by atoms with Crippen molar-refractivity contribution >= 4 is 69.3 Å². The van der Waals surface area contributed by atoms with E-state index in [2.05, 4.69) is 20.9 Å². The summed E-state index contributed by atoms with van der Waals surface area (Å²) in [6.07, 6.45) is 2.94. The first-order chi connectivity index (χ1) is 23.4. The van der Waals surface area contributed by atoms with E-state index in [0.29, 0.717) is 27.2 Å². The maximum atomic E-state index is 13.6. The molecule has 0 fully saturated rings. The molecule has 0 saturated carbocycles. The van der Waals surface area contributed by atoms with Crippen LogP contribution in [0.2, 0.25) is 5.02 Å². The van der Waals surface area contributed by atoms with Crippen LogP contribution in [0.3, 0.4) is 0 Å². The molecule has 2 aromatic heterocycles. The quantitative estimate of drug-likeness (QED) is 0.0924. The molecule has 0 aliphatic rings. The zero-order valence-corrected chi connectivity index (χ0v) is 27.5. The van der Waals surface area contributed by atoms with Crippen LogP contribution in [0, 0.1) is 0 Å². The van der Waals surface area contributed by atoms with Crippen LogP contribution in [0.1, 0.15) is 26.9 Å². The van der Waals surface area contributed by atoms with E-state index in [4.69, 9.17) is 16.0 Å². The highest BCUT2D eigenvalue weighted by atomic mass is 35.5. The first kappa shape index (κ1) is 32.5. The molecular formula is C37H27ClN4O4S2. The van der Waals surface area contributed by atoms with Gasteiger partial charge in [-0.1, -0.05) is 72.3 Å². The number of anilines is 2. The third-order valence-corrected chi connectivity index (χ3v) is 9.22. The number of carbonyl (C=O) groups is 3. The zero-order chi connectivity index (χ0) is 33.3. The molecule has 6 rings (SSSR count). The molecule has 3 N–H and O–H groups in total. The van der Waals surface area contributed by atoms with Gasteiger partial charge in [0.2, 0.25) is 5.91 Å². The van der Waals surface area contributed by atoms with E-state index in [1.54, 1.807) is 66.7 Å². The highest BCUT2D eigenvalue weighted by molar-refractivity contribution is 8.00.